The Labute approximate surface area is 112 Å². The summed E-state index contributed by atoms with van der Waals surface area (Å²) in [4.78, 5) is 0. The summed E-state index contributed by atoms with van der Waals surface area (Å²) in [6.07, 6.45) is 5.78. The van der Waals surface area contributed by atoms with E-state index < -0.39 is 11.6 Å². The molecular formula is C15H20F2N2. The monoisotopic (exact) mass is 266 g/mol. The standard InChI is InChI=1S/C15H20F2N2/c16-10-5-9(6-11(17)8-10)7-14(19-18)15-12-3-1-2-4-13(12)15/h5-6,8,12-15,19H,1-4,7,18H2. The average molecular weight is 266 g/mol. The molecule has 3 N–H and O–H groups in total. The van der Waals surface area contributed by atoms with Crippen molar-refractivity contribution in [2.24, 2.45) is 23.6 Å². The first-order chi connectivity index (χ1) is 9.19. The second-order valence-corrected chi connectivity index (χ2v) is 5.94. The molecule has 0 aliphatic heterocycles. The molecule has 1 aromatic carbocycles. The highest BCUT2D eigenvalue weighted by atomic mass is 19.1. The second kappa shape index (κ2) is 5.17. The van der Waals surface area contributed by atoms with Crippen molar-refractivity contribution in [3.05, 3.63) is 35.4 Å². The molecule has 2 fully saturated rings. The minimum absolute atomic E-state index is 0.134. The molecule has 1 aromatic rings. The third-order valence-corrected chi connectivity index (χ3v) is 4.78. The first-order valence-electron chi connectivity index (χ1n) is 7.10. The zero-order valence-electron chi connectivity index (χ0n) is 10.9. The van der Waals surface area contributed by atoms with Crippen molar-refractivity contribution in [3.8, 4) is 0 Å². The van der Waals surface area contributed by atoms with Gasteiger partial charge in [0.25, 0.3) is 0 Å². The molecule has 0 radical (unpaired) electrons. The molecule has 3 rings (SSSR count). The van der Waals surface area contributed by atoms with Crippen LogP contribution in [0.1, 0.15) is 31.2 Å². The number of benzene rings is 1. The summed E-state index contributed by atoms with van der Waals surface area (Å²) < 4.78 is 26.4. The minimum atomic E-state index is -0.515. The maximum Gasteiger partial charge on any atom is 0.126 e. The number of rotatable bonds is 4. The van der Waals surface area contributed by atoms with Gasteiger partial charge in [-0.15, -0.1) is 0 Å². The minimum Gasteiger partial charge on any atom is -0.271 e. The van der Waals surface area contributed by atoms with Crippen LogP contribution in [-0.2, 0) is 6.42 Å². The predicted octanol–water partition coefficient (Wildman–Crippen LogP) is 2.78. The van der Waals surface area contributed by atoms with Crippen molar-refractivity contribution >= 4 is 0 Å². The summed E-state index contributed by atoms with van der Waals surface area (Å²) >= 11 is 0. The van der Waals surface area contributed by atoms with Crippen molar-refractivity contribution < 1.29 is 8.78 Å². The SMILES string of the molecule is NNC(Cc1cc(F)cc(F)c1)C1C2CCCCC21. The van der Waals surface area contributed by atoms with E-state index >= 15 is 0 Å². The lowest BCUT2D eigenvalue weighted by Gasteiger charge is -2.16. The van der Waals surface area contributed by atoms with Gasteiger partial charge in [0.1, 0.15) is 11.6 Å². The topological polar surface area (TPSA) is 38.0 Å². The number of fused-ring (bicyclic) bond motifs is 1. The van der Waals surface area contributed by atoms with Crippen molar-refractivity contribution in [1.29, 1.82) is 0 Å². The number of hydrogen-bond donors (Lipinski definition) is 2. The summed E-state index contributed by atoms with van der Waals surface area (Å²) in [6.45, 7) is 0. The van der Waals surface area contributed by atoms with Crippen LogP contribution in [0.5, 0.6) is 0 Å². The van der Waals surface area contributed by atoms with Gasteiger partial charge in [0.2, 0.25) is 0 Å². The van der Waals surface area contributed by atoms with E-state index in [9.17, 15) is 8.78 Å². The molecule has 19 heavy (non-hydrogen) atoms. The molecule has 3 unspecified atom stereocenters. The van der Waals surface area contributed by atoms with E-state index in [0.717, 1.165) is 17.9 Å². The Morgan fingerprint density at radius 1 is 1.11 bits per heavy atom. The number of hydrogen-bond acceptors (Lipinski definition) is 2. The number of halogens is 2. The Hall–Kier alpha value is -1.00. The lowest BCUT2D eigenvalue weighted by atomic mass is 10.0. The molecule has 2 nitrogen and oxygen atoms in total. The summed E-state index contributed by atoms with van der Waals surface area (Å²) in [5, 5.41) is 0. The van der Waals surface area contributed by atoms with Crippen LogP contribution in [0.4, 0.5) is 8.78 Å². The van der Waals surface area contributed by atoms with E-state index in [-0.39, 0.29) is 6.04 Å². The van der Waals surface area contributed by atoms with E-state index in [2.05, 4.69) is 5.43 Å². The van der Waals surface area contributed by atoms with Crippen LogP contribution in [0.3, 0.4) is 0 Å². The quantitative estimate of drug-likeness (QED) is 0.649. The van der Waals surface area contributed by atoms with Gasteiger partial charge in [-0.2, -0.15) is 0 Å². The fourth-order valence-electron chi connectivity index (χ4n) is 3.93. The Balaban J connectivity index is 1.70. The van der Waals surface area contributed by atoms with Crippen LogP contribution in [0.25, 0.3) is 0 Å². The van der Waals surface area contributed by atoms with Crippen LogP contribution in [0.2, 0.25) is 0 Å². The van der Waals surface area contributed by atoms with Crippen molar-refractivity contribution in [2.45, 2.75) is 38.1 Å². The summed E-state index contributed by atoms with van der Waals surface area (Å²) in [6, 6.07) is 3.85. The van der Waals surface area contributed by atoms with Crippen molar-refractivity contribution in [1.82, 2.24) is 5.43 Å². The van der Waals surface area contributed by atoms with Gasteiger partial charge in [-0.3, -0.25) is 11.3 Å². The summed E-state index contributed by atoms with van der Waals surface area (Å²) in [5.41, 5.74) is 3.55. The maximum absolute atomic E-state index is 13.2. The highest BCUT2D eigenvalue weighted by molar-refractivity contribution is 5.20. The fraction of sp³-hybridized carbons (Fsp3) is 0.600. The molecule has 2 aliphatic rings. The third-order valence-electron chi connectivity index (χ3n) is 4.78. The van der Waals surface area contributed by atoms with Gasteiger partial charge in [0.05, 0.1) is 0 Å². The zero-order chi connectivity index (χ0) is 13.4. The lowest BCUT2D eigenvalue weighted by molar-refractivity contribution is 0.435. The molecule has 3 atom stereocenters. The van der Waals surface area contributed by atoms with Gasteiger partial charge in [-0.1, -0.05) is 12.8 Å². The molecule has 0 saturated heterocycles. The number of hydrazine groups is 1. The molecule has 0 spiro atoms. The second-order valence-electron chi connectivity index (χ2n) is 5.94. The molecule has 2 saturated carbocycles. The highest BCUT2D eigenvalue weighted by Gasteiger charge is 2.53. The normalized spacial score (nSPS) is 30.8. The van der Waals surface area contributed by atoms with Crippen LogP contribution in [-0.4, -0.2) is 6.04 Å². The highest BCUT2D eigenvalue weighted by Crippen LogP contribution is 2.57. The Kier molecular flexibility index (Phi) is 3.54. The molecular weight excluding hydrogens is 246 g/mol. The Morgan fingerprint density at radius 3 is 2.21 bits per heavy atom. The number of nitrogens with two attached hydrogens (primary N) is 1. The first kappa shape index (κ1) is 13.0. The lowest BCUT2D eigenvalue weighted by Crippen LogP contribution is -2.39. The molecule has 0 amide bonds. The fourth-order valence-corrected chi connectivity index (χ4v) is 3.93. The zero-order valence-corrected chi connectivity index (χ0v) is 10.9. The van der Waals surface area contributed by atoms with E-state index in [1.807, 2.05) is 0 Å². The molecule has 0 bridgehead atoms. The van der Waals surface area contributed by atoms with Gasteiger partial charge < -0.3 is 0 Å². The molecule has 0 aromatic heterocycles. The van der Waals surface area contributed by atoms with Crippen molar-refractivity contribution in [2.75, 3.05) is 0 Å². The molecule has 4 heteroatoms. The smallest absolute Gasteiger partial charge is 0.126 e. The van der Waals surface area contributed by atoms with E-state index in [1.165, 1.54) is 37.8 Å². The van der Waals surface area contributed by atoms with Gasteiger partial charge in [0.15, 0.2) is 0 Å². The first-order valence-corrected chi connectivity index (χ1v) is 7.10. The van der Waals surface area contributed by atoms with Gasteiger partial charge in [-0.25, -0.2) is 8.78 Å². The summed E-state index contributed by atoms with van der Waals surface area (Å²) in [7, 11) is 0. The molecule has 2 aliphatic carbocycles. The van der Waals surface area contributed by atoms with E-state index in [1.54, 1.807) is 0 Å². The Morgan fingerprint density at radius 2 is 1.68 bits per heavy atom. The average Bonchev–Trinajstić information content (AvgIpc) is 3.09. The number of nitrogens with one attached hydrogen (secondary N) is 1. The van der Waals surface area contributed by atoms with Crippen LogP contribution in [0.15, 0.2) is 18.2 Å². The molecule has 0 heterocycles. The van der Waals surface area contributed by atoms with Gasteiger partial charge >= 0.3 is 0 Å². The van der Waals surface area contributed by atoms with Gasteiger partial charge in [0, 0.05) is 12.1 Å². The van der Waals surface area contributed by atoms with Crippen LogP contribution < -0.4 is 11.3 Å². The van der Waals surface area contributed by atoms with E-state index in [0.29, 0.717) is 17.9 Å². The van der Waals surface area contributed by atoms with Crippen molar-refractivity contribution in [3.63, 3.8) is 0 Å². The predicted molar refractivity (Wildman–Crippen MR) is 70.1 cm³/mol. The largest absolute Gasteiger partial charge is 0.271 e. The summed E-state index contributed by atoms with van der Waals surface area (Å²) in [5.74, 6) is 6.75. The molecule has 104 valence electrons. The van der Waals surface area contributed by atoms with Crippen LogP contribution in [0, 0.1) is 29.4 Å². The van der Waals surface area contributed by atoms with Gasteiger partial charge in [-0.05, 0) is 54.7 Å². The Bertz CT molecular complexity index is 431. The third kappa shape index (κ3) is 2.65. The van der Waals surface area contributed by atoms with Crippen LogP contribution >= 0.6 is 0 Å². The van der Waals surface area contributed by atoms with E-state index in [4.69, 9.17) is 5.84 Å². The maximum atomic E-state index is 13.2.